The molecule has 8 heteroatoms. The second-order valence-electron chi connectivity index (χ2n) is 4.45. The highest BCUT2D eigenvalue weighted by Gasteiger charge is 2.34. The summed E-state index contributed by atoms with van der Waals surface area (Å²) in [5.41, 5.74) is -0.200. The van der Waals surface area contributed by atoms with Crippen LogP contribution in [0.15, 0.2) is 18.6 Å². The zero-order valence-corrected chi connectivity index (χ0v) is 11.8. The molecule has 0 atom stereocenters. The first-order valence-electron chi connectivity index (χ1n) is 6.68. The van der Waals surface area contributed by atoms with Crippen LogP contribution in [0.3, 0.4) is 0 Å². The summed E-state index contributed by atoms with van der Waals surface area (Å²) in [6.07, 6.45) is -0.380. The molecule has 1 N–H and O–H groups in total. The van der Waals surface area contributed by atoms with Crippen molar-refractivity contribution in [3.05, 3.63) is 29.8 Å². The molecule has 0 aliphatic heterocycles. The van der Waals surface area contributed by atoms with Crippen LogP contribution in [0.25, 0.3) is 5.82 Å². The Labute approximate surface area is 120 Å². The number of nitrogens with zero attached hydrogens (tertiary/aromatic N) is 4. The minimum Gasteiger partial charge on any atom is -0.370 e. The molecule has 2 aromatic rings. The Morgan fingerprint density at radius 1 is 1.24 bits per heavy atom. The van der Waals surface area contributed by atoms with E-state index >= 15 is 0 Å². The first-order chi connectivity index (χ1) is 9.97. The van der Waals surface area contributed by atoms with E-state index in [1.54, 1.807) is 0 Å². The smallest absolute Gasteiger partial charge is 0.370 e. The third kappa shape index (κ3) is 3.32. The number of halogens is 3. The van der Waals surface area contributed by atoms with Gasteiger partial charge in [0.1, 0.15) is 12.1 Å². The topological polar surface area (TPSA) is 55.6 Å². The van der Waals surface area contributed by atoms with Gasteiger partial charge in [0.15, 0.2) is 11.5 Å². The molecule has 0 amide bonds. The van der Waals surface area contributed by atoms with Crippen LogP contribution in [-0.4, -0.2) is 26.3 Å². The average Bonchev–Trinajstić information content (AvgIpc) is 2.94. The van der Waals surface area contributed by atoms with E-state index in [0.717, 1.165) is 29.3 Å². The summed E-state index contributed by atoms with van der Waals surface area (Å²) in [4.78, 5) is 8.21. The molecular weight excluding hydrogens is 283 g/mol. The normalized spacial score (nSPS) is 11.7. The van der Waals surface area contributed by atoms with E-state index in [9.17, 15) is 13.2 Å². The van der Waals surface area contributed by atoms with Crippen molar-refractivity contribution >= 4 is 5.82 Å². The van der Waals surface area contributed by atoms with E-state index in [-0.39, 0.29) is 0 Å². The predicted molar refractivity (Wildman–Crippen MR) is 72.3 cm³/mol. The molecule has 21 heavy (non-hydrogen) atoms. The van der Waals surface area contributed by atoms with Gasteiger partial charge >= 0.3 is 6.18 Å². The minimum absolute atomic E-state index is 0.363. The molecule has 2 heterocycles. The Morgan fingerprint density at radius 2 is 2.00 bits per heavy atom. The lowest BCUT2D eigenvalue weighted by Gasteiger charge is -2.12. The summed E-state index contributed by atoms with van der Waals surface area (Å²) in [5, 5.41) is 6.70. The van der Waals surface area contributed by atoms with E-state index in [1.807, 2.05) is 13.8 Å². The highest BCUT2D eigenvalue weighted by atomic mass is 19.4. The number of aromatic nitrogens is 4. The van der Waals surface area contributed by atoms with E-state index < -0.39 is 11.9 Å². The largest absolute Gasteiger partial charge is 0.435 e. The second kappa shape index (κ2) is 6.11. The molecule has 0 aliphatic rings. The van der Waals surface area contributed by atoms with Crippen LogP contribution in [-0.2, 0) is 12.6 Å². The molecule has 2 aromatic heterocycles. The third-order valence-corrected chi connectivity index (χ3v) is 2.92. The lowest BCUT2D eigenvalue weighted by Crippen LogP contribution is -2.12. The molecule has 0 unspecified atom stereocenters. The molecule has 0 aliphatic carbocycles. The van der Waals surface area contributed by atoms with Crippen LogP contribution in [0.4, 0.5) is 19.0 Å². The quantitative estimate of drug-likeness (QED) is 0.922. The number of nitrogens with one attached hydrogen (secondary N) is 1. The average molecular weight is 299 g/mol. The molecular formula is C13H16F3N5. The van der Waals surface area contributed by atoms with Crippen molar-refractivity contribution in [2.24, 2.45) is 0 Å². The molecule has 0 spiro atoms. The van der Waals surface area contributed by atoms with E-state index in [0.29, 0.717) is 18.1 Å². The highest BCUT2D eigenvalue weighted by Crippen LogP contribution is 2.28. The molecule has 5 nitrogen and oxygen atoms in total. The van der Waals surface area contributed by atoms with Crippen molar-refractivity contribution in [3.63, 3.8) is 0 Å². The van der Waals surface area contributed by atoms with Crippen molar-refractivity contribution in [2.75, 3.05) is 11.9 Å². The summed E-state index contributed by atoms with van der Waals surface area (Å²) in [7, 11) is 0. The van der Waals surface area contributed by atoms with Gasteiger partial charge in [0, 0.05) is 18.3 Å². The van der Waals surface area contributed by atoms with E-state index in [1.165, 1.54) is 12.5 Å². The van der Waals surface area contributed by atoms with Gasteiger partial charge in [-0.1, -0.05) is 13.8 Å². The number of hydrogen-bond donors (Lipinski definition) is 1. The Morgan fingerprint density at radius 3 is 2.57 bits per heavy atom. The lowest BCUT2D eigenvalue weighted by atomic mass is 10.2. The SMILES string of the molecule is CCCNc1ncnc(-n2ccc(C(F)(F)F)n2)c1CC. The number of anilines is 1. The highest BCUT2D eigenvalue weighted by molar-refractivity contribution is 5.51. The third-order valence-electron chi connectivity index (χ3n) is 2.92. The maximum Gasteiger partial charge on any atom is 0.435 e. The lowest BCUT2D eigenvalue weighted by molar-refractivity contribution is -0.141. The molecule has 2 rings (SSSR count). The van der Waals surface area contributed by atoms with Gasteiger partial charge in [-0.15, -0.1) is 0 Å². The fourth-order valence-corrected chi connectivity index (χ4v) is 1.91. The predicted octanol–water partition coefficient (Wildman–Crippen LogP) is 3.07. The maximum atomic E-state index is 12.6. The van der Waals surface area contributed by atoms with Gasteiger partial charge in [-0.2, -0.15) is 18.3 Å². The fraction of sp³-hybridized carbons (Fsp3) is 0.462. The van der Waals surface area contributed by atoms with Crippen LogP contribution in [0.5, 0.6) is 0 Å². The first kappa shape index (κ1) is 15.3. The van der Waals surface area contributed by atoms with E-state index in [4.69, 9.17) is 0 Å². The van der Waals surface area contributed by atoms with Crippen LogP contribution in [0.2, 0.25) is 0 Å². The van der Waals surface area contributed by atoms with Crippen molar-refractivity contribution in [2.45, 2.75) is 32.9 Å². The maximum absolute atomic E-state index is 12.6. The summed E-state index contributed by atoms with van der Waals surface area (Å²) in [6, 6.07) is 0.931. The zero-order valence-electron chi connectivity index (χ0n) is 11.8. The van der Waals surface area contributed by atoms with Gasteiger partial charge in [-0.25, -0.2) is 14.6 Å². The van der Waals surface area contributed by atoms with Crippen LogP contribution >= 0.6 is 0 Å². The standard InChI is InChI=1S/C13H16F3N5/c1-3-6-17-11-9(4-2)12(19-8-18-11)21-7-5-10(20-21)13(14,15)16/h5,7-8H,3-4,6H2,1-2H3,(H,17,18,19). The Kier molecular flexibility index (Phi) is 4.44. The summed E-state index contributed by atoms with van der Waals surface area (Å²) in [5.74, 6) is 0.995. The molecule has 0 aromatic carbocycles. The summed E-state index contributed by atoms with van der Waals surface area (Å²) in [6.45, 7) is 4.65. The molecule has 0 radical (unpaired) electrons. The van der Waals surface area contributed by atoms with Crippen LogP contribution < -0.4 is 5.32 Å². The second-order valence-corrected chi connectivity index (χ2v) is 4.45. The van der Waals surface area contributed by atoms with Crippen molar-refractivity contribution in [1.82, 2.24) is 19.7 Å². The van der Waals surface area contributed by atoms with E-state index in [2.05, 4.69) is 20.4 Å². The van der Waals surface area contributed by atoms with Crippen LogP contribution in [0, 0.1) is 0 Å². The van der Waals surface area contributed by atoms with Gasteiger partial charge in [0.25, 0.3) is 0 Å². The van der Waals surface area contributed by atoms with Crippen molar-refractivity contribution in [3.8, 4) is 5.82 Å². The van der Waals surface area contributed by atoms with Gasteiger partial charge in [-0.3, -0.25) is 0 Å². The monoisotopic (exact) mass is 299 g/mol. The van der Waals surface area contributed by atoms with Crippen molar-refractivity contribution in [1.29, 1.82) is 0 Å². The minimum atomic E-state index is -4.46. The Balaban J connectivity index is 2.41. The molecule has 0 fully saturated rings. The van der Waals surface area contributed by atoms with Gasteiger partial charge in [0.05, 0.1) is 0 Å². The Bertz CT molecular complexity index is 606. The van der Waals surface area contributed by atoms with Gasteiger partial charge in [0.2, 0.25) is 0 Å². The molecule has 114 valence electrons. The fourth-order valence-electron chi connectivity index (χ4n) is 1.91. The first-order valence-corrected chi connectivity index (χ1v) is 6.68. The molecule has 0 saturated heterocycles. The molecule has 0 bridgehead atoms. The van der Waals surface area contributed by atoms with Gasteiger partial charge < -0.3 is 5.32 Å². The van der Waals surface area contributed by atoms with Gasteiger partial charge in [-0.05, 0) is 18.9 Å². The zero-order chi connectivity index (χ0) is 15.5. The summed E-state index contributed by atoms with van der Waals surface area (Å²) < 4.78 is 39.0. The number of alkyl halides is 3. The number of hydrogen-bond acceptors (Lipinski definition) is 4. The van der Waals surface area contributed by atoms with Crippen LogP contribution in [0.1, 0.15) is 31.5 Å². The molecule has 0 saturated carbocycles. The van der Waals surface area contributed by atoms with Crippen molar-refractivity contribution < 1.29 is 13.2 Å². The summed E-state index contributed by atoms with van der Waals surface area (Å²) >= 11 is 0. The number of rotatable bonds is 5. The Hall–Kier alpha value is -2.12.